The van der Waals surface area contributed by atoms with Crippen molar-refractivity contribution in [2.24, 2.45) is 12.5 Å². The zero-order chi connectivity index (χ0) is 17.3. The van der Waals surface area contributed by atoms with Crippen LogP contribution in [0.3, 0.4) is 0 Å². The molecule has 0 saturated carbocycles. The Hall–Kier alpha value is -2.30. The second-order valence-electron chi connectivity index (χ2n) is 7.36. The Kier molecular flexibility index (Phi) is 4.35. The van der Waals surface area contributed by atoms with Crippen LogP contribution in [0.1, 0.15) is 37.6 Å². The number of aryl methyl sites for hydroxylation is 1. The van der Waals surface area contributed by atoms with Crippen LogP contribution < -0.4 is 0 Å². The van der Waals surface area contributed by atoms with Gasteiger partial charge in [0.15, 0.2) is 0 Å². The van der Waals surface area contributed by atoms with Crippen LogP contribution in [0, 0.1) is 5.41 Å². The van der Waals surface area contributed by atoms with Gasteiger partial charge in [-0.2, -0.15) is 0 Å². The number of phenolic OH excluding ortho intramolecular Hbond substituents is 1. The van der Waals surface area contributed by atoms with E-state index in [1.165, 1.54) is 0 Å². The van der Waals surface area contributed by atoms with E-state index in [0.717, 1.165) is 30.9 Å². The van der Waals surface area contributed by atoms with E-state index >= 15 is 0 Å². The molecule has 0 spiro atoms. The zero-order valence-electron chi connectivity index (χ0n) is 14.6. The number of amides is 1. The fourth-order valence-corrected chi connectivity index (χ4v) is 3.55. The van der Waals surface area contributed by atoms with Crippen molar-refractivity contribution in [3.8, 4) is 5.75 Å². The molecule has 128 valence electrons. The van der Waals surface area contributed by atoms with Crippen LogP contribution >= 0.6 is 0 Å². The molecular weight excluding hydrogens is 302 g/mol. The lowest BCUT2D eigenvalue weighted by Crippen LogP contribution is -2.40. The van der Waals surface area contributed by atoms with Crippen LogP contribution in [0.5, 0.6) is 5.75 Å². The summed E-state index contributed by atoms with van der Waals surface area (Å²) in [5.41, 5.74) is 0.596. The summed E-state index contributed by atoms with van der Waals surface area (Å²) in [6.45, 7) is 5.52. The Labute approximate surface area is 142 Å². The van der Waals surface area contributed by atoms with Gasteiger partial charge in [0.25, 0.3) is 0 Å². The normalized spacial score (nSPS) is 18.1. The highest BCUT2D eigenvalue weighted by molar-refractivity contribution is 5.82. The monoisotopic (exact) mass is 327 g/mol. The SMILES string of the molecule is Cn1ccnc1C1CCN(C(=O)C(C)(C)Cc2ccc(O)cc2)C1. The topological polar surface area (TPSA) is 58.4 Å². The predicted molar refractivity (Wildman–Crippen MR) is 92.7 cm³/mol. The van der Waals surface area contributed by atoms with Crippen molar-refractivity contribution in [1.29, 1.82) is 0 Å². The molecule has 3 rings (SSSR count). The standard InChI is InChI=1S/C19H25N3O2/c1-19(2,12-14-4-6-16(23)7-5-14)18(24)22-10-8-15(13-22)17-20-9-11-21(17)3/h4-7,9,11,15,23H,8,10,12-13H2,1-3H3. The summed E-state index contributed by atoms with van der Waals surface area (Å²) in [7, 11) is 2.00. The maximum atomic E-state index is 13.0. The summed E-state index contributed by atoms with van der Waals surface area (Å²) in [6.07, 6.45) is 5.39. The molecule has 2 heterocycles. The second-order valence-corrected chi connectivity index (χ2v) is 7.36. The lowest BCUT2D eigenvalue weighted by Gasteiger charge is -2.29. The van der Waals surface area contributed by atoms with E-state index in [4.69, 9.17) is 0 Å². The van der Waals surface area contributed by atoms with Gasteiger partial charge in [0.2, 0.25) is 5.91 Å². The number of imidazole rings is 1. The summed E-state index contributed by atoms with van der Waals surface area (Å²) in [4.78, 5) is 19.4. The highest BCUT2D eigenvalue weighted by Crippen LogP contribution is 2.31. The number of aromatic nitrogens is 2. The minimum absolute atomic E-state index is 0.187. The third-order valence-electron chi connectivity index (χ3n) is 4.86. The first-order chi connectivity index (χ1) is 11.4. The first-order valence-corrected chi connectivity index (χ1v) is 8.41. The lowest BCUT2D eigenvalue weighted by atomic mass is 9.84. The van der Waals surface area contributed by atoms with Crippen LogP contribution in [0.2, 0.25) is 0 Å². The lowest BCUT2D eigenvalue weighted by molar-refractivity contribution is -0.139. The van der Waals surface area contributed by atoms with E-state index in [-0.39, 0.29) is 11.7 Å². The van der Waals surface area contributed by atoms with Crippen molar-refractivity contribution in [3.63, 3.8) is 0 Å². The largest absolute Gasteiger partial charge is 0.508 e. The number of benzene rings is 1. The van der Waals surface area contributed by atoms with Gasteiger partial charge in [0.1, 0.15) is 11.6 Å². The molecule has 0 aliphatic carbocycles. The van der Waals surface area contributed by atoms with Crippen molar-refractivity contribution in [2.75, 3.05) is 13.1 Å². The maximum absolute atomic E-state index is 13.0. The average Bonchev–Trinajstić information content (AvgIpc) is 3.17. The van der Waals surface area contributed by atoms with E-state index in [2.05, 4.69) is 4.98 Å². The number of carbonyl (C=O) groups is 1. The summed E-state index contributed by atoms with van der Waals surface area (Å²) in [5.74, 6) is 1.81. The molecule has 1 atom stereocenters. The fourth-order valence-electron chi connectivity index (χ4n) is 3.55. The molecule has 1 aromatic heterocycles. The molecule has 24 heavy (non-hydrogen) atoms. The van der Waals surface area contributed by atoms with Crippen molar-refractivity contribution < 1.29 is 9.90 Å². The molecule has 1 aliphatic heterocycles. The van der Waals surface area contributed by atoms with Crippen molar-refractivity contribution in [2.45, 2.75) is 32.6 Å². The fraction of sp³-hybridized carbons (Fsp3) is 0.474. The van der Waals surface area contributed by atoms with Crippen LogP contribution in [-0.2, 0) is 18.3 Å². The molecule has 1 unspecified atom stereocenters. The van der Waals surface area contributed by atoms with E-state index in [1.54, 1.807) is 12.1 Å². The molecule has 5 nitrogen and oxygen atoms in total. The highest BCUT2D eigenvalue weighted by Gasteiger charge is 2.37. The molecule has 5 heteroatoms. The number of aromatic hydroxyl groups is 1. The van der Waals surface area contributed by atoms with Gasteiger partial charge >= 0.3 is 0 Å². The molecule has 1 amide bonds. The predicted octanol–water partition coefficient (Wildman–Crippen LogP) is 2.71. The Morgan fingerprint density at radius 3 is 2.67 bits per heavy atom. The third-order valence-corrected chi connectivity index (χ3v) is 4.86. The molecule has 1 aromatic carbocycles. The molecule has 1 saturated heterocycles. The summed E-state index contributed by atoms with van der Waals surface area (Å²) < 4.78 is 2.04. The Morgan fingerprint density at radius 2 is 2.04 bits per heavy atom. The van der Waals surface area contributed by atoms with Gasteiger partial charge in [0, 0.05) is 43.9 Å². The summed E-state index contributed by atoms with van der Waals surface area (Å²) in [5, 5.41) is 9.40. The zero-order valence-corrected chi connectivity index (χ0v) is 14.6. The first kappa shape index (κ1) is 16.6. The van der Waals surface area contributed by atoms with Gasteiger partial charge in [-0.1, -0.05) is 26.0 Å². The Bertz CT molecular complexity index is 718. The molecule has 2 aromatic rings. The highest BCUT2D eigenvalue weighted by atomic mass is 16.3. The van der Waals surface area contributed by atoms with E-state index in [9.17, 15) is 9.90 Å². The minimum Gasteiger partial charge on any atom is -0.508 e. The Morgan fingerprint density at radius 1 is 1.33 bits per heavy atom. The number of nitrogens with zero attached hydrogens (tertiary/aromatic N) is 3. The average molecular weight is 327 g/mol. The van der Waals surface area contributed by atoms with Gasteiger partial charge in [-0.3, -0.25) is 4.79 Å². The number of rotatable bonds is 4. The van der Waals surface area contributed by atoms with Gasteiger partial charge < -0.3 is 14.6 Å². The van der Waals surface area contributed by atoms with Crippen molar-refractivity contribution in [3.05, 3.63) is 48.0 Å². The number of phenols is 1. The van der Waals surface area contributed by atoms with Crippen molar-refractivity contribution >= 4 is 5.91 Å². The van der Waals surface area contributed by atoms with Crippen molar-refractivity contribution in [1.82, 2.24) is 14.5 Å². The second kappa shape index (κ2) is 6.30. The number of hydrogen-bond acceptors (Lipinski definition) is 3. The number of hydrogen-bond donors (Lipinski definition) is 1. The quantitative estimate of drug-likeness (QED) is 0.939. The van der Waals surface area contributed by atoms with Crippen LogP contribution in [0.25, 0.3) is 0 Å². The molecule has 1 fully saturated rings. The van der Waals surface area contributed by atoms with Crippen LogP contribution in [-0.4, -0.2) is 38.6 Å². The van der Waals surface area contributed by atoms with Gasteiger partial charge in [-0.25, -0.2) is 4.98 Å². The van der Waals surface area contributed by atoms with Crippen LogP contribution in [0.4, 0.5) is 0 Å². The number of carbonyl (C=O) groups excluding carboxylic acids is 1. The smallest absolute Gasteiger partial charge is 0.228 e. The van der Waals surface area contributed by atoms with Gasteiger partial charge in [0.05, 0.1) is 0 Å². The summed E-state index contributed by atoms with van der Waals surface area (Å²) >= 11 is 0. The third kappa shape index (κ3) is 3.30. The minimum atomic E-state index is -0.465. The molecule has 0 radical (unpaired) electrons. The molecular formula is C19H25N3O2. The molecule has 1 aliphatic rings. The van der Waals surface area contributed by atoms with Crippen LogP contribution in [0.15, 0.2) is 36.7 Å². The summed E-state index contributed by atoms with van der Waals surface area (Å²) in [6, 6.07) is 7.10. The van der Waals surface area contributed by atoms with E-state index in [1.807, 2.05) is 54.9 Å². The van der Waals surface area contributed by atoms with Gasteiger partial charge in [-0.05, 0) is 30.5 Å². The van der Waals surface area contributed by atoms with E-state index < -0.39 is 5.41 Å². The maximum Gasteiger partial charge on any atom is 0.228 e. The molecule has 0 bridgehead atoms. The number of likely N-dealkylation sites (tertiary alicyclic amines) is 1. The first-order valence-electron chi connectivity index (χ1n) is 8.41. The van der Waals surface area contributed by atoms with Gasteiger partial charge in [-0.15, -0.1) is 0 Å². The molecule has 1 N–H and O–H groups in total. The van der Waals surface area contributed by atoms with E-state index in [0.29, 0.717) is 12.3 Å². The Balaban J connectivity index is 1.67.